The molecule has 1 aliphatic rings. The number of hydrogen-bond donors (Lipinski definition) is 0. The molecule has 0 saturated carbocycles. The fourth-order valence-electron chi connectivity index (χ4n) is 2.09. The summed E-state index contributed by atoms with van der Waals surface area (Å²) < 4.78 is 44.5. The van der Waals surface area contributed by atoms with Gasteiger partial charge in [-0.25, -0.2) is 4.79 Å². The highest BCUT2D eigenvalue weighted by atomic mass is 32.2. The molecular weight excluding hydrogens is 313 g/mol. The molecule has 6 heteroatoms. The average molecular weight is 330 g/mol. The van der Waals surface area contributed by atoms with Crippen LogP contribution in [-0.2, 0) is 10.9 Å². The first-order chi connectivity index (χ1) is 9.99. The maximum absolute atomic E-state index is 13.1. The third-order valence-corrected chi connectivity index (χ3v) is 4.14. The van der Waals surface area contributed by atoms with Crippen molar-refractivity contribution in [3.05, 3.63) is 34.9 Å². The van der Waals surface area contributed by atoms with Gasteiger partial charge < -0.3 is 4.74 Å². The Morgan fingerprint density at radius 1 is 1.23 bits per heavy atom. The topological polar surface area (TPSA) is 26.3 Å². The van der Waals surface area contributed by atoms with Gasteiger partial charge in [0.15, 0.2) is 0 Å². The Labute approximate surface area is 131 Å². The van der Waals surface area contributed by atoms with E-state index in [9.17, 15) is 18.0 Å². The zero-order valence-electron chi connectivity index (χ0n) is 12.8. The first-order valence-corrected chi connectivity index (χ1v) is 7.76. The molecule has 2 rings (SSSR count). The number of allylic oxidation sites excluding steroid dienone is 1. The van der Waals surface area contributed by atoms with Gasteiger partial charge in [0, 0.05) is 10.6 Å². The predicted molar refractivity (Wildman–Crippen MR) is 81.0 cm³/mol. The van der Waals surface area contributed by atoms with E-state index < -0.39 is 23.3 Å². The maximum Gasteiger partial charge on any atom is 0.416 e. The van der Waals surface area contributed by atoms with E-state index >= 15 is 0 Å². The second-order valence-corrected chi connectivity index (χ2v) is 7.13. The first kappa shape index (κ1) is 16.9. The molecule has 1 aromatic rings. The van der Waals surface area contributed by atoms with Gasteiger partial charge in [-0.3, -0.25) is 0 Å². The van der Waals surface area contributed by atoms with E-state index in [0.29, 0.717) is 16.2 Å². The Hall–Kier alpha value is -1.43. The van der Waals surface area contributed by atoms with Crippen molar-refractivity contribution in [1.82, 2.24) is 0 Å². The van der Waals surface area contributed by atoms with Gasteiger partial charge in [-0.05, 0) is 51.0 Å². The lowest BCUT2D eigenvalue weighted by Crippen LogP contribution is -2.25. The Balaban J connectivity index is 2.60. The minimum atomic E-state index is -4.51. The van der Waals surface area contributed by atoms with Crippen LogP contribution < -0.4 is 0 Å². The largest absolute Gasteiger partial charge is 0.456 e. The monoisotopic (exact) mass is 330 g/mol. The third kappa shape index (κ3) is 3.66. The minimum Gasteiger partial charge on any atom is -0.456 e. The van der Waals surface area contributed by atoms with E-state index in [1.165, 1.54) is 11.8 Å². The van der Waals surface area contributed by atoms with E-state index in [2.05, 4.69) is 0 Å². The molecule has 1 aromatic carbocycles. The highest BCUT2D eigenvalue weighted by Crippen LogP contribution is 2.41. The number of ether oxygens (including phenoxy) is 1. The summed E-state index contributed by atoms with van der Waals surface area (Å²) in [5, 5.41) is 0. The van der Waals surface area contributed by atoms with Gasteiger partial charge in [0.05, 0.1) is 11.1 Å². The summed E-state index contributed by atoms with van der Waals surface area (Å²) in [6.07, 6.45) is -2.65. The molecule has 0 unspecified atom stereocenters. The molecule has 0 amide bonds. The predicted octanol–water partition coefficient (Wildman–Crippen LogP) is 5.17. The number of fused-ring (bicyclic) bond motifs is 1. The third-order valence-electron chi connectivity index (χ3n) is 3.08. The number of carbonyl (C=O) groups excluding carboxylic acids is 1. The number of halogens is 3. The van der Waals surface area contributed by atoms with Crippen LogP contribution in [0.15, 0.2) is 23.1 Å². The van der Waals surface area contributed by atoms with Gasteiger partial charge in [0.1, 0.15) is 5.60 Å². The van der Waals surface area contributed by atoms with Crippen LogP contribution in [0.5, 0.6) is 0 Å². The SMILES string of the molecule is CC1=CCSc2c(C(=O)OC(C)(C)C)cc(C(F)(F)F)cc21. The summed E-state index contributed by atoms with van der Waals surface area (Å²) in [7, 11) is 0. The number of thioether (sulfide) groups is 1. The van der Waals surface area contributed by atoms with Crippen LogP contribution in [0.2, 0.25) is 0 Å². The molecule has 22 heavy (non-hydrogen) atoms. The van der Waals surface area contributed by atoms with Crippen LogP contribution in [-0.4, -0.2) is 17.3 Å². The number of alkyl halides is 3. The summed E-state index contributed by atoms with van der Waals surface area (Å²) in [6.45, 7) is 6.80. The van der Waals surface area contributed by atoms with Crippen LogP contribution >= 0.6 is 11.8 Å². The molecule has 0 aromatic heterocycles. The van der Waals surface area contributed by atoms with Crippen molar-refractivity contribution >= 4 is 23.3 Å². The van der Waals surface area contributed by atoms with Gasteiger partial charge in [0.25, 0.3) is 0 Å². The van der Waals surface area contributed by atoms with Crippen molar-refractivity contribution in [3.63, 3.8) is 0 Å². The smallest absolute Gasteiger partial charge is 0.416 e. The summed E-state index contributed by atoms with van der Waals surface area (Å²) in [6, 6.07) is 1.99. The normalized spacial score (nSPS) is 15.1. The van der Waals surface area contributed by atoms with E-state index in [0.717, 1.165) is 17.7 Å². The Morgan fingerprint density at radius 2 is 1.86 bits per heavy atom. The Morgan fingerprint density at radius 3 is 2.41 bits per heavy atom. The fourth-order valence-corrected chi connectivity index (χ4v) is 3.26. The van der Waals surface area contributed by atoms with Crippen molar-refractivity contribution in [2.24, 2.45) is 0 Å². The molecule has 0 N–H and O–H groups in total. The van der Waals surface area contributed by atoms with Crippen molar-refractivity contribution in [2.45, 2.75) is 44.4 Å². The van der Waals surface area contributed by atoms with Crippen molar-refractivity contribution in [2.75, 3.05) is 5.75 Å². The van der Waals surface area contributed by atoms with Gasteiger partial charge in [-0.2, -0.15) is 13.2 Å². The van der Waals surface area contributed by atoms with Crippen LogP contribution in [0, 0.1) is 0 Å². The lowest BCUT2D eigenvalue weighted by atomic mass is 9.99. The average Bonchev–Trinajstić information content (AvgIpc) is 2.35. The minimum absolute atomic E-state index is 0.0165. The number of benzene rings is 1. The molecule has 0 saturated heterocycles. The molecule has 0 spiro atoms. The number of hydrogen-bond acceptors (Lipinski definition) is 3. The lowest BCUT2D eigenvalue weighted by Gasteiger charge is -2.24. The van der Waals surface area contributed by atoms with Crippen molar-refractivity contribution in [3.8, 4) is 0 Å². The van der Waals surface area contributed by atoms with Crippen molar-refractivity contribution in [1.29, 1.82) is 0 Å². The summed E-state index contributed by atoms with van der Waals surface area (Å²) in [5.41, 5.74) is -0.418. The second-order valence-electron chi connectivity index (χ2n) is 6.10. The summed E-state index contributed by atoms with van der Waals surface area (Å²) in [5.74, 6) is -0.1000. The molecule has 0 fully saturated rings. The quantitative estimate of drug-likeness (QED) is 0.665. The molecule has 2 nitrogen and oxygen atoms in total. The zero-order chi connectivity index (χ0) is 16.7. The standard InChI is InChI=1S/C16H17F3O2S/c1-9-5-6-22-13-11(9)7-10(16(17,18)19)8-12(13)14(20)21-15(2,3)4/h5,7-8H,6H2,1-4H3. The van der Waals surface area contributed by atoms with E-state index in [1.54, 1.807) is 27.7 Å². The molecule has 120 valence electrons. The Kier molecular flexibility index (Phi) is 4.35. The second kappa shape index (κ2) is 5.65. The maximum atomic E-state index is 13.1. The number of carbonyl (C=O) groups is 1. The van der Waals surface area contributed by atoms with Gasteiger partial charge in [0.2, 0.25) is 0 Å². The summed E-state index contributed by atoms with van der Waals surface area (Å²) >= 11 is 1.35. The molecule has 0 aliphatic carbocycles. The highest BCUT2D eigenvalue weighted by Gasteiger charge is 2.34. The fraction of sp³-hybridized carbons (Fsp3) is 0.438. The molecule has 0 bridgehead atoms. The lowest BCUT2D eigenvalue weighted by molar-refractivity contribution is -0.137. The van der Waals surface area contributed by atoms with Crippen LogP contribution in [0.1, 0.15) is 49.2 Å². The van der Waals surface area contributed by atoms with E-state index in [4.69, 9.17) is 4.74 Å². The molecule has 1 heterocycles. The van der Waals surface area contributed by atoms with Crippen molar-refractivity contribution < 1.29 is 22.7 Å². The molecule has 0 radical (unpaired) electrons. The van der Waals surface area contributed by atoms with Crippen LogP contribution in [0.3, 0.4) is 0 Å². The van der Waals surface area contributed by atoms with Crippen LogP contribution in [0.4, 0.5) is 13.2 Å². The van der Waals surface area contributed by atoms with Gasteiger partial charge >= 0.3 is 12.1 Å². The van der Waals surface area contributed by atoms with Gasteiger partial charge in [-0.15, -0.1) is 11.8 Å². The Bertz CT molecular complexity index is 640. The number of esters is 1. The van der Waals surface area contributed by atoms with E-state index in [-0.39, 0.29) is 5.56 Å². The van der Waals surface area contributed by atoms with Gasteiger partial charge in [-0.1, -0.05) is 6.08 Å². The summed E-state index contributed by atoms with van der Waals surface area (Å²) in [4.78, 5) is 12.9. The van der Waals surface area contributed by atoms with E-state index in [1.807, 2.05) is 6.08 Å². The molecule has 1 aliphatic heterocycles. The van der Waals surface area contributed by atoms with Crippen LogP contribution in [0.25, 0.3) is 5.57 Å². The molecule has 0 atom stereocenters. The first-order valence-electron chi connectivity index (χ1n) is 6.77. The zero-order valence-corrected chi connectivity index (χ0v) is 13.6. The molecular formula is C16H17F3O2S. The highest BCUT2D eigenvalue weighted by molar-refractivity contribution is 7.99. The number of rotatable bonds is 1.